The number of nitrogens with one attached hydrogen (secondary N) is 4. The van der Waals surface area contributed by atoms with Crippen LogP contribution in [0, 0.1) is 5.41 Å². The second kappa shape index (κ2) is 49.4. The lowest BCUT2D eigenvalue weighted by atomic mass is 10.1. The number of unbranched alkanes of at least 4 members (excludes halogenated alkanes) is 33. The Morgan fingerprint density at radius 3 is 1.27 bits per heavy atom. The summed E-state index contributed by atoms with van der Waals surface area (Å²) in [7, 11) is 3.59. The Bertz CT molecular complexity index is 985. The van der Waals surface area contributed by atoms with Crippen molar-refractivity contribution in [2.45, 2.75) is 270 Å². The highest BCUT2D eigenvalue weighted by molar-refractivity contribution is 5.85. The first-order valence-electron chi connectivity index (χ1n) is 27.3. The van der Waals surface area contributed by atoms with E-state index in [0.29, 0.717) is 39.3 Å². The number of nitrogens with zero attached hydrogens (tertiary/aromatic N) is 1. The number of rotatable bonds is 49. The fourth-order valence-electron chi connectivity index (χ4n) is 8.01. The van der Waals surface area contributed by atoms with E-state index in [2.05, 4.69) is 36.7 Å². The molecule has 0 aromatic carbocycles. The molecule has 0 bridgehead atoms. The molecule has 0 saturated carbocycles. The van der Waals surface area contributed by atoms with Crippen LogP contribution in [0.25, 0.3) is 0 Å². The predicted octanol–water partition coefficient (Wildman–Crippen LogP) is 14.2. The summed E-state index contributed by atoms with van der Waals surface area (Å²) >= 11 is 0. The summed E-state index contributed by atoms with van der Waals surface area (Å²) in [4.78, 5) is 28.2. The molecule has 0 heterocycles. The van der Waals surface area contributed by atoms with Gasteiger partial charge in [-0.1, -0.05) is 233 Å². The molecule has 0 aromatic rings. The number of carbonyl (C=O) groups excluding carboxylic acids is 2. The smallest absolute Gasteiger partial charge is 0.407 e. The van der Waals surface area contributed by atoms with Crippen molar-refractivity contribution in [3.63, 3.8) is 0 Å². The van der Waals surface area contributed by atoms with Crippen LogP contribution in [0.3, 0.4) is 0 Å². The van der Waals surface area contributed by atoms with Crippen LogP contribution in [0.2, 0.25) is 0 Å². The molecule has 0 rings (SSSR count). The third kappa shape index (κ3) is 44.9. The fraction of sp³-hybridized carbons (Fsp3) is 0.943. The topological polar surface area (TPSA) is 125 Å². The Kier molecular flexibility index (Phi) is 47.7. The number of hydrogen-bond donors (Lipinski definition) is 4. The molecule has 0 aliphatic heterocycles. The van der Waals surface area contributed by atoms with Crippen LogP contribution in [-0.2, 0) is 19.0 Å². The van der Waals surface area contributed by atoms with E-state index in [1.165, 1.54) is 199 Å². The molecular formula is C53H107N5O5. The van der Waals surface area contributed by atoms with Gasteiger partial charge in [0.1, 0.15) is 18.8 Å². The van der Waals surface area contributed by atoms with Gasteiger partial charge in [0.2, 0.25) is 5.91 Å². The van der Waals surface area contributed by atoms with E-state index in [1.807, 2.05) is 0 Å². The maximum absolute atomic E-state index is 13.3. The van der Waals surface area contributed by atoms with Gasteiger partial charge in [-0.05, 0) is 25.7 Å². The number of amides is 2. The number of hydrogen-bond acceptors (Lipinski definition) is 6. The molecule has 10 heteroatoms. The highest BCUT2D eigenvalue weighted by Gasteiger charge is 2.22. The zero-order valence-corrected chi connectivity index (χ0v) is 42.5. The quantitative estimate of drug-likeness (QED) is 0.0272. The van der Waals surface area contributed by atoms with Crippen molar-refractivity contribution in [2.24, 2.45) is 0 Å². The zero-order valence-electron chi connectivity index (χ0n) is 42.5. The van der Waals surface area contributed by atoms with Gasteiger partial charge < -0.3 is 35.1 Å². The average molecular weight is 894 g/mol. The van der Waals surface area contributed by atoms with Gasteiger partial charge in [-0.15, -0.1) is 0 Å². The van der Waals surface area contributed by atoms with E-state index < -0.39 is 12.1 Å². The molecule has 0 aliphatic carbocycles. The highest BCUT2D eigenvalue weighted by Crippen LogP contribution is 2.15. The maximum atomic E-state index is 13.3. The third-order valence-corrected chi connectivity index (χ3v) is 12.3. The maximum Gasteiger partial charge on any atom is 0.407 e. The average Bonchev–Trinajstić information content (AvgIpc) is 3.27. The summed E-state index contributed by atoms with van der Waals surface area (Å²) < 4.78 is 18.0. The summed E-state index contributed by atoms with van der Waals surface area (Å²) in [6, 6.07) is -0.778. The van der Waals surface area contributed by atoms with Crippen molar-refractivity contribution in [1.82, 2.24) is 20.9 Å². The monoisotopic (exact) mass is 894 g/mol. The van der Waals surface area contributed by atoms with Gasteiger partial charge in [0.15, 0.2) is 5.96 Å². The van der Waals surface area contributed by atoms with Crippen molar-refractivity contribution in [3.8, 4) is 0 Å². The number of ether oxygens (including phenoxy) is 3. The molecule has 0 aliphatic rings. The minimum atomic E-state index is -0.778. The van der Waals surface area contributed by atoms with E-state index >= 15 is 0 Å². The van der Waals surface area contributed by atoms with Gasteiger partial charge in [-0.3, -0.25) is 10.2 Å². The molecule has 374 valence electrons. The first kappa shape index (κ1) is 60.9. The standard InChI is InChI=1S/C53H107N5O5/c1-6-9-12-15-18-21-24-27-30-33-36-39-43-55-51(59)50(42-44-56-52(54)58(4)5)57-53(60)63-48-49(62-46-41-38-35-32-29-26-23-20-17-14-11-8-3)47-61-45-40-37-34-31-28-25-22-19-16-13-10-7-2/h49-50H,6-48H2,1-5H3,(H2,54,56)(H,55,59)(H,57,60). The fourth-order valence-corrected chi connectivity index (χ4v) is 8.01. The highest BCUT2D eigenvalue weighted by atomic mass is 16.6. The summed E-state index contributed by atoms with van der Waals surface area (Å²) in [5.41, 5.74) is 0. The van der Waals surface area contributed by atoms with Crippen molar-refractivity contribution >= 4 is 18.0 Å². The molecule has 10 nitrogen and oxygen atoms in total. The lowest BCUT2D eigenvalue weighted by molar-refractivity contribution is -0.123. The summed E-state index contributed by atoms with van der Waals surface area (Å²) in [5, 5.41) is 17.0. The normalized spacial score (nSPS) is 12.3. The van der Waals surface area contributed by atoms with Crippen molar-refractivity contribution in [3.05, 3.63) is 0 Å². The summed E-state index contributed by atoms with van der Waals surface area (Å²) in [6.45, 7) is 9.50. The van der Waals surface area contributed by atoms with Crippen LogP contribution >= 0.6 is 0 Å². The minimum Gasteiger partial charge on any atom is -0.447 e. The molecule has 2 amide bonds. The van der Waals surface area contributed by atoms with Crippen LogP contribution in [0.15, 0.2) is 0 Å². The largest absolute Gasteiger partial charge is 0.447 e. The molecule has 2 atom stereocenters. The zero-order chi connectivity index (χ0) is 46.1. The van der Waals surface area contributed by atoms with Crippen molar-refractivity contribution in [1.29, 1.82) is 5.41 Å². The van der Waals surface area contributed by atoms with Gasteiger partial charge in [0.25, 0.3) is 0 Å². The van der Waals surface area contributed by atoms with Crippen LogP contribution in [0.5, 0.6) is 0 Å². The molecule has 4 N–H and O–H groups in total. The lowest BCUT2D eigenvalue weighted by Gasteiger charge is -2.22. The van der Waals surface area contributed by atoms with E-state index in [9.17, 15) is 9.59 Å². The van der Waals surface area contributed by atoms with E-state index in [0.717, 1.165) is 32.1 Å². The van der Waals surface area contributed by atoms with Gasteiger partial charge in [-0.2, -0.15) is 0 Å². The first-order chi connectivity index (χ1) is 30.8. The van der Waals surface area contributed by atoms with E-state index in [-0.39, 0.29) is 24.6 Å². The van der Waals surface area contributed by atoms with Crippen molar-refractivity contribution < 1.29 is 23.8 Å². The Balaban J connectivity index is 4.81. The number of carbonyl (C=O) groups is 2. The van der Waals surface area contributed by atoms with Crippen LogP contribution < -0.4 is 16.0 Å². The lowest BCUT2D eigenvalue weighted by Crippen LogP contribution is -2.49. The van der Waals surface area contributed by atoms with Gasteiger partial charge in [0.05, 0.1) is 6.61 Å². The van der Waals surface area contributed by atoms with Gasteiger partial charge in [-0.25, -0.2) is 4.79 Å². The molecular weight excluding hydrogens is 787 g/mol. The van der Waals surface area contributed by atoms with Crippen LogP contribution in [0.4, 0.5) is 4.79 Å². The minimum absolute atomic E-state index is 0.0687. The molecule has 0 saturated heterocycles. The van der Waals surface area contributed by atoms with E-state index in [1.54, 1.807) is 19.0 Å². The van der Waals surface area contributed by atoms with Crippen molar-refractivity contribution in [2.75, 3.05) is 53.6 Å². The molecule has 0 spiro atoms. The van der Waals surface area contributed by atoms with E-state index in [4.69, 9.17) is 19.6 Å². The third-order valence-electron chi connectivity index (χ3n) is 12.3. The second-order valence-corrected chi connectivity index (χ2v) is 18.8. The number of guanidine groups is 1. The van der Waals surface area contributed by atoms with Crippen LogP contribution in [0.1, 0.15) is 258 Å². The SMILES string of the molecule is CCCCCCCCCCCCCCNC(=O)C(CCNC(=N)N(C)C)NC(=O)OCC(COCCCCCCCCCCCCCC)OCCCCCCCCCCCCCC. The molecule has 63 heavy (non-hydrogen) atoms. The van der Waals surface area contributed by atoms with Gasteiger partial charge >= 0.3 is 6.09 Å². The summed E-state index contributed by atoms with van der Waals surface area (Å²) in [5.74, 6) is 0.0311. The molecule has 0 aromatic heterocycles. The van der Waals surface area contributed by atoms with Gasteiger partial charge in [0, 0.05) is 40.4 Å². The summed E-state index contributed by atoms with van der Waals surface area (Å²) in [6.07, 6.45) is 45.7. The predicted molar refractivity (Wildman–Crippen MR) is 269 cm³/mol. The molecule has 0 fully saturated rings. The first-order valence-corrected chi connectivity index (χ1v) is 27.3. The molecule has 0 radical (unpaired) electrons. The Labute approximate surface area is 390 Å². The Morgan fingerprint density at radius 1 is 0.476 bits per heavy atom. The Hall–Kier alpha value is -2.07. The second-order valence-electron chi connectivity index (χ2n) is 18.8. The number of alkyl carbamates (subject to hydrolysis) is 1. The Morgan fingerprint density at radius 2 is 0.857 bits per heavy atom. The molecule has 2 unspecified atom stereocenters. The van der Waals surface area contributed by atoms with Crippen LogP contribution in [-0.4, -0.2) is 88.6 Å².